The van der Waals surface area contributed by atoms with E-state index in [1.807, 2.05) is 0 Å². The van der Waals surface area contributed by atoms with E-state index in [0.29, 0.717) is 22.5 Å². The topological polar surface area (TPSA) is 222 Å². The van der Waals surface area contributed by atoms with Crippen molar-refractivity contribution in [1.29, 1.82) is 0 Å². The second kappa shape index (κ2) is 23.8. The van der Waals surface area contributed by atoms with E-state index >= 15 is 0 Å². The summed E-state index contributed by atoms with van der Waals surface area (Å²) in [6.07, 6.45) is -11.1. The summed E-state index contributed by atoms with van der Waals surface area (Å²) >= 11 is 4.60. The van der Waals surface area contributed by atoms with Gasteiger partial charge in [-0.25, -0.2) is 26.8 Å². The molecule has 6 rings (SSSR count). The summed E-state index contributed by atoms with van der Waals surface area (Å²) in [4.78, 5) is 20.1. The van der Waals surface area contributed by atoms with E-state index in [9.17, 15) is 52.8 Å². The monoisotopic (exact) mass is 952 g/mol. The first-order valence-corrected chi connectivity index (χ1v) is 19.9. The Morgan fingerprint density at radius 2 is 1.00 bits per heavy atom. The SMILES string of the molecule is COC(=O)Cl.COC(=O)[N-]S(=O)(=O)c1ccc(C2CC(C(F)(F)F)=NN2c2ccccc2)cc1.NS(=O)(=O)c1ccc(C2CC(C(F)(F)F)=NN2c2ccccc2)cc1.[Na+].[Na+].[OH-]. The third-order valence-corrected chi connectivity index (χ3v) is 10.5. The third-order valence-electron chi connectivity index (χ3n) is 8.20. The normalized spacial score (nSPS) is 15.9. The average molecular weight is 953 g/mol. The van der Waals surface area contributed by atoms with E-state index in [4.69, 9.17) is 5.14 Å². The molecule has 2 atom stereocenters. The molecule has 2 heterocycles. The number of hydrogen-bond acceptors (Lipinski definition) is 13. The van der Waals surface area contributed by atoms with Gasteiger partial charge >= 0.3 is 76.9 Å². The maximum absolute atomic E-state index is 13.2. The Balaban J connectivity index is 0.000000539. The minimum absolute atomic E-state index is 0. The number of primary sulfonamides is 1. The van der Waals surface area contributed by atoms with Crippen molar-refractivity contribution in [3.05, 3.63) is 125 Å². The molecule has 4 aromatic carbocycles. The number of nitrogens with two attached hydrogens (primary N) is 1. The van der Waals surface area contributed by atoms with E-state index in [0.717, 1.165) is 7.11 Å². The number of amides is 1. The van der Waals surface area contributed by atoms with Gasteiger partial charge in [0, 0.05) is 24.4 Å². The van der Waals surface area contributed by atoms with Crippen LogP contribution in [0.1, 0.15) is 36.1 Å². The number of carbonyl (C=O) groups is 2. The fraction of sp³-hybridized carbons (Fsp3) is 0.222. The van der Waals surface area contributed by atoms with E-state index in [2.05, 4.69) is 36.0 Å². The maximum Gasteiger partial charge on any atom is 1.00 e. The van der Waals surface area contributed by atoms with Crippen LogP contribution in [0.2, 0.25) is 0 Å². The molecule has 4 aromatic rings. The summed E-state index contributed by atoms with van der Waals surface area (Å²) in [5.74, 6) is 0. The predicted molar refractivity (Wildman–Crippen MR) is 207 cm³/mol. The van der Waals surface area contributed by atoms with Crippen LogP contribution in [-0.2, 0) is 29.5 Å². The van der Waals surface area contributed by atoms with Gasteiger partial charge in [0.15, 0.2) is 0 Å². The number of carbonyl (C=O) groups excluding carboxylic acids is 2. The summed E-state index contributed by atoms with van der Waals surface area (Å²) in [6.45, 7) is 0. The van der Waals surface area contributed by atoms with E-state index < -0.39 is 73.8 Å². The van der Waals surface area contributed by atoms with Crippen LogP contribution >= 0.6 is 11.6 Å². The molecule has 2 unspecified atom stereocenters. The molecule has 2 aliphatic heterocycles. The predicted octanol–water partition coefficient (Wildman–Crippen LogP) is 2.41. The molecule has 15 nitrogen and oxygen atoms in total. The van der Waals surface area contributed by atoms with Crippen molar-refractivity contribution in [2.24, 2.45) is 15.3 Å². The Morgan fingerprint density at radius 3 is 1.29 bits per heavy atom. The number of anilines is 2. The summed E-state index contributed by atoms with van der Waals surface area (Å²) in [5, 5.41) is 15.1. The molecular weight excluding hydrogens is 920 g/mol. The van der Waals surface area contributed by atoms with Crippen LogP contribution in [0, 0.1) is 0 Å². The maximum atomic E-state index is 13.2. The quantitative estimate of drug-likeness (QED) is 0.161. The van der Waals surface area contributed by atoms with Gasteiger partial charge < -0.3 is 19.7 Å². The van der Waals surface area contributed by atoms with Gasteiger partial charge in [-0.2, -0.15) is 36.5 Å². The van der Waals surface area contributed by atoms with Gasteiger partial charge in [-0.3, -0.25) is 14.8 Å². The minimum atomic E-state index is -4.58. The van der Waals surface area contributed by atoms with Crippen molar-refractivity contribution in [2.75, 3.05) is 24.2 Å². The Morgan fingerprint density at radius 1 is 0.661 bits per heavy atom. The zero-order valence-corrected chi connectivity index (χ0v) is 39.3. The Hall–Kier alpha value is -3.75. The molecule has 0 radical (unpaired) electrons. The first-order chi connectivity index (χ1) is 27.5. The summed E-state index contributed by atoms with van der Waals surface area (Å²) in [6, 6.07) is 25.9. The van der Waals surface area contributed by atoms with Crippen LogP contribution in [0.4, 0.5) is 47.3 Å². The molecule has 62 heavy (non-hydrogen) atoms. The number of alkyl halides is 6. The third kappa shape index (κ3) is 15.5. The fourth-order valence-corrected chi connectivity index (χ4v) is 6.82. The number of sulfonamides is 2. The number of para-hydroxylation sites is 2. The first kappa shape index (κ1) is 56.3. The number of hydrogen-bond donors (Lipinski definition) is 1. The first-order valence-electron chi connectivity index (χ1n) is 16.5. The van der Waals surface area contributed by atoms with Crippen LogP contribution in [-0.4, -0.2) is 71.8 Å². The summed E-state index contributed by atoms with van der Waals surface area (Å²) < 4.78 is 137. The molecule has 0 fully saturated rings. The molecule has 0 saturated heterocycles. The number of hydrazone groups is 2. The average Bonchev–Trinajstić information content (AvgIpc) is 3.86. The molecule has 324 valence electrons. The second-order valence-electron chi connectivity index (χ2n) is 12.1. The Labute approximate surface area is 401 Å². The number of nitrogens with zero attached hydrogens (tertiary/aromatic N) is 5. The van der Waals surface area contributed by atoms with Gasteiger partial charge in [0.2, 0.25) is 16.1 Å². The molecular formula is C36H33ClF6N6Na2O9S2. The van der Waals surface area contributed by atoms with Crippen molar-refractivity contribution in [2.45, 2.75) is 47.1 Å². The Bertz CT molecular complexity index is 2390. The molecule has 3 N–H and O–H groups in total. The second-order valence-corrected chi connectivity index (χ2v) is 15.5. The molecule has 2 aliphatic rings. The van der Waals surface area contributed by atoms with Gasteiger partial charge in [0.05, 0.1) is 47.5 Å². The van der Waals surface area contributed by atoms with Gasteiger partial charge in [0.25, 0.3) is 0 Å². The van der Waals surface area contributed by atoms with Crippen LogP contribution in [0.25, 0.3) is 4.72 Å². The van der Waals surface area contributed by atoms with Crippen LogP contribution in [0.5, 0.6) is 0 Å². The Kier molecular flexibility index (Phi) is 21.6. The van der Waals surface area contributed by atoms with Crippen molar-refractivity contribution in [3.63, 3.8) is 0 Å². The number of benzene rings is 4. The van der Waals surface area contributed by atoms with Crippen molar-refractivity contribution >= 4 is 66.0 Å². The molecule has 0 bridgehead atoms. The molecule has 0 saturated carbocycles. The van der Waals surface area contributed by atoms with Crippen LogP contribution < -0.4 is 74.3 Å². The van der Waals surface area contributed by atoms with Crippen molar-refractivity contribution in [3.8, 4) is 0 Å². The fourth-order valence-electron chi connectivity index (χ4n) is 5.45. The van der Waals surface area contributed by atoms with E-state index in [-0.39, 0.29) is 80.8 Å². The number of halogens is 7. The van der Waals surface area contributed by atoms with Gasteiger partial charge in [-0.1, -0.05) is 60.7 Å². The molecule has 1 amide bonds. The zero-order chi connectivity index (χ0) is 43.8. The number of methoxy groups -OCH3 is 2. The van der Waals surface area contributed by atoms with E-state index in [1.165, 1.54) is 65.7 Å². The molecule has 0 spiro atoms. The van der Waals surface area contributed by atoms with Gasteiger partial charge in [-0.15, -0.1) is 0 Å². The van der Waals surface area contributed by atoms with Crippen LogP contribution in [0.3, 0.4) is 0 Å². The van der Waals surface area contributed by atoms with Crippen molar-refractivity contribution < 1.29 is 127 Å². The molecule has 26 heteroatoms. The number of ether oxygens (including phenoxy) is 2. The zero-order valence-electron chi connectivity index (χ0n) is 33.0. The smallest absolute Gasteiger partial charge is 0.870 e. The van der Waals surface area contributed by atoms with Crippen molar-refractivity contribution in [1.82, 2.24) is 0 Å². The number of rotatable bonds is 7. The minimum Gasteiger partial charge on any atom is -0.870 e. The summed E-state index contributed by atoms with van der Waals surface area (Å²) in [7, 11) is -5.94. The van der Waals surface area contributed by atoms with E-state index in [1.54, 1.807) is 60.7 Å². The standard InChI is InChI=1S/C18H16F3N3O4S.C16H14F3N3O2S.C2H3ClO2.2Na.H2O/c1-28-17(25)23-29(26,27)14-9-7-12(8-10-14)15-11-16(18(19,20)21)22-24(15)13-5-3-2-4-6-13;17-16(18,19)15-10-14(22(21-15)12-4-2-1-3-5-12)11-6-8-13(9-7-11)25(20,23)24;1-5-2(3)4;;;/h2-10,15H,11H2,1H3,(H,23,25);1-9,14H,10H2,(H2,20,23,24);1H3;;;1H2/q;;;2*+1;/p-2. The summed E-state index contributed by atoms with van der Waals surface area (Å²) in [5.41, 5.74) is -0.657. The molecule has 0 aliphatic carbocycles. The van der Waals surface area contributed by atoms with Gasteiger partial charge in [-0.05, 0) is 59.7 Å². The van der Waals surface area contributed by atoms with Gasteiger partial charge in [0.1, 0.15) is 21.4 Å². The van der Waals surface area contributed by atoms with Crippen LogP contribution in [0.15, 0.2) is 129 Å². The largest absolute Gasteiger partial charge is 1.00 e. The molecule has 0 aromatic heterocycles.